The number of hydrogen-bond acceptors (Lipinski definition) is 4. The van der Waals surface area contributed by atoms with Crippen LogP contribution >= 0.6 is 15.9 Å². The summed E-state index contributed by atoms with van der Waals surface area (Å²) in [6, 6.07) is 10.2. The molecule has 1 aliphatic rings. The van der Waals surface area contributed by atoms with Crippen molar-refractivity contribution in [2.45, 2.75) is 39.2 Å². The standard InChI is InChI=1S/C18H18BrN3O2/c1-11-17(12(2)22(21-11)9-3-8-20)24-18(23)16-10-15(16)13-4-6-14(19)7-5-13/h4-7,15-16H,3,9-10H2,1-2H3/t15-,16+/m0/s1. The number of hydrogen-bond donors (Lipinski definition) is 0. The van der Waals surface area contributed by atoms with E-state index in [0.717, 1.165) is 16.6 Å². The van der Waals surface area contributed by atoms with Crippen LogP contribution in [0.15, 0.2) is 28.7 Å². The first-order valence-corrected chi connectivity index (χ1v) is 8.68. The molecule has 0 spiro atoms. The maximum Gasteiger partial charge on any atom is 0.315 e. The molecule has 2 atom stereocenters. The Morgan fingerprint density at radius 1 is 1.42 bits per heavy atom. The molecule has 1 aliphatic carbocycles. The van der Waals surface area contributed by atoms with Gasteiger partial charge >= 0.3 is 5.97 Å². The van der Waals surface area contributed by atoms with Gasteiger partial charge in [0.15, 0.2) is 5.75 Å². The summed E-state index contributed by atoms with van der Waals surface area (Å²) in [4.78, 5) is 12.4. The van der Waals surface area contributed by atoms with E-state index in [-0.39, 0.29) is 17.8 Å². The maximum absolute atomic E-state index is 12.4. The zero-order valence-electron chi connectivity index (χ0n) is 13.6. The number of aromatic nitrogens is 2. The van der Waals surface area contributed by atoms with Gasteiger partial charge in [0.25, 0.3) is 0 Å². The van der Waals surface area contributed by atoms with Crippen LogP contribution in [-0.4, -0.2) is 15.7 Å². The summed E-state index contributed by atoms with van der Waals surface area (Å²) in [7, 11) is 0. The molecule has 1 aromatic heterocycles. The van der Waals surface area contributed by atoms with Gasteiger partial charge < -0.3 is 4.74 Å². The number of carbonyl (C=O) groups excluding carboxylic acids is 1. The zero-order chi connectivity index (χ0) is 17.3. The minimum absolute atomic E-state index is 0.0903. The molecule has 3 rings (SSSR count). The van der Waals surface area contributed by atoms with Gasteiger partial charge in [0, 0.05) is 4.47 Å². The topological polar surface area (TPSA) is 67.9 Å². The van der Waals surface area contributed by atoms with Gasteiger partial charge in [0.1, 0.15) is 5.69 Å². The first-order chi connectivity index (χ1) is 11.5. The minimum atomic E-state index is -0.200. The summed E-state index contributed by atoms with van der Waals surface area (Å²) in [6.45, 7) is 4.18. The number of halogens is 1. The first-order valence-electron chi connectivity index (χ1n) is 7.89. The minimum Gasteiger partial charge on any atom is -0.422 e. The van der Waals surface area contributed by atoms with Crippen molar-refractivity contribution in [3.63, 3.8) is 0 Å². The number of rotatable bonds is 5. The van der Waals surface area contributed by atoms with Crippen LogP contribution in [0.1, 0.15) is 35.7 Å². The molecule has 0 N–H and O–H groups in total. The highest BCUT2D eigenvalue weighted by Gasteiger charge is 2.45. The maximum atomic E-state index is 12.4. The van der Waals surface area contributed by atoms with Crippen molar-refractivity contribution in [2.75, 3.05) is 0 Å². The van der Waals surface area contributed by atoms with E-state index in [9.17, 15) is 4.79 Å². The van der Waals surface area contributed by atoms with Gasteiger partial charge in [0.2, 0.25) is 0 Å². The molecule has 124 valence electrons. The Morgan fingerprint density at radius 2 is 2.12 bits per heavy atom. The average molecular weight is 388 g/mol. The molecule has 1 fully saturated rings. The fraction of sp³-hybridized carbons (Fsp3) is 0.389. The molecule has 24 heavy (non-hydrogen) atoms. The molecule has 2 aromatic rings. The van der Waals surface area contributed by atoms with Crippen molar-refractivity contribution in [3.05, 3.63) is 45.7 Å². The predicted molar refractivity (Wildman–Crippen MR) is 92.6 cm³/mol. The molecule has 1 aromatic carbocycles. The van der Waals surface area contributed by atoms with Crippen LogP contribution < -0.4 is 4.74 Å². The van der Waals surface area contributed by atoms with E-state index >= 15 is 0 Å². The lowest BCUT2D eigenvalue weighted by molar-refractivity contribution is -0.136. The Hall–Kier alpha value is -2.13. The van der Waals surface area contributed by atoms with Crippen molar-refractivity contribution in [2.24, 2.45) is 5.92 Å². The van der Waals surface area contributed by atoms with E-state index in [4.69, 9.17) is 10.00 Å². The SMILES string of the molecule is Cc1nn(CCC#N)c(C)c1OC(=O)[C@@H]1C[C@H]1c1ccc(Br)cc1. The van der Waals surface area contributed by atoms with Gasteiger partial charge in [-0.2, -0.15) is 10.4 Å². The number of nitriles is 1. The van der Waals surface area contributed by atoms with E-state index in [1.807, 2.05) is 38.1 Å². The highest BCUT2D eigenvalue weighted by molar-refractivity contribution is 9.10. The molecule has 0 amide bonds. The lowest BCUT2D eigenvalue weighted by Gasteiger charge is -2.05. The Kier molecular flexibility index (Phi) is 4.72. The predicted octanol–water partition coefficient (Wildman–Crippen LogP) is 3.89. The summed E-state index contributed by atoms with van der Waals surface area (Å²) in [5.41, 5.74) is 2.63. The second kappa shape index (κ2) is 6.78. The lowest BCUT2D eigenvalue weighted by Crippen LogP contribution is -2.12. The second-order valence-corrected chi connectivity index (χ2v) is 6.97. The van der Waals surface area contributed by atoms with E-state index in [2.05, 4.69) is 27.1 Å². The molecule has 5 nitrogen and oxygen atoms in total. The Labute approximate surface area is 149 Å². The van der Waals surface area contributed by atoms with Crippen LogP contribution in [0, 0.1) is 31.1 Å². The highest BCUT2D eigenvalue weighted by Crippen LogP contribution is 2.48. The van der Waals surface area contributed by atoms with Crippen molar-refractivity contribution in [3.8, 4) is 11.8 Å². The number of esters is 1. The average Bonchev–Trinajstić information content (AvgIpc) is 3.32. The normalized spacial score (nSPS) is 18.9. The van der Waals surface area contributed by atoms with Crippen molar-refractivity contribution < 1.29 is 9.53 Å². The third kappa shape index (κ3) is 3.36. The molecule has 0 bridgehead atoms. The number of nitrogens with zero attached hydrogens (tertiary/aromatic N) is 3. The lowest BCUT2D eigenvalue weighted by atomic mass is 10.1. The van der Waals surface area contributed by atoms with Crippen LogP contribution in [0.25, 0.3) is 0 Å². The van der Waals surface area contributed by atoms with E-state index < -0.39 is 0 Å². The quantitative estimate of drug-likeness (QED) is 0.729. The zero-order valence-corrected chi connectivity index (χ0v) is 15.2. The van der Waals surface area contributed by atoms with Crippen molar-refractivity contribution in [1.82, 2.24) is 9.78 Å². The Balaban J connectivity index is 1.67. The molecule has 6 heteroatoms. The third-order valence-electron chi connectivity index (χ3n) is 4.34. The number of aryl methyl sites for hydroxylation is 2. The molecule has 0 saturated heterocycles. The van der Waals surface area contributed by atoms with Crippen LogP contribution in [0.3, 0.4) is 0 Å². The Morgan fingerprint density at radius 3 is 2.79 bits per heavy atom. The molecular weight excluding hydrogens is 370 g/mol. The number of benzene rings is 1. The van der Waals surface area contributed by atoms with Crippen LogP contribution in [0.4, 0.5) is 0 Å². The summed E-state index contributed by atoms with van der Waals surface area (Å²) >= 11 is 3.42. The fourth-order valence-electron chi connectivity index (χ4n) is 2.91. The van der Waals surface area contributed by atoms with E-state index in [1.54, 1.807) is 4.68 Å². The number of ether oxygens (including phenoxy) is 1. The van der Waals surface area contributed by atoms with Crippen molar-refractivity contribution in [1.29, 1.82) is 5.26 Å². The monoisotopic (exact) mass is 387 g/mol. The van der Waals surface area contributed by atoms with Gasteiger partial charge in [-0.25, -0.2) is 0 Å². The third-order valence-corrected chi connectivity index (χ3v) is 4.87. The molecule has 0 unspecified atom stereocenters. The smallest absolute Gasteiger partial charge is 0.315 e. The first kappa shape index (κ1) is 16.7. The Bertz CT molecular complexity index is 805. The molecule has 0 aliphatic heterocycles. The van der Waals surface area contributed by atoms with E-state index in [1.165, 1.54) is 5.56 Å². The van der Waals surface area contributed by atoms with Crippen LogP contribution in [-0.2, 0) is 11.3 Å². The largest absolute Gasteiger partial charge is 0.422 e. The molecule has 1 heterocycles. The summed E-state index contributed by atoms with van der Waals surface area (Å²) in [5.74, 6) is 0.473. The molecule has 1 saturated carbocycles. The van der Waals surface area contributed by atoms with Gasteiger partial charge in [-0.15, -0.1) is 0 Å². The van der Waals surface area contributed by atoms with Crippen LogP contribution in [0.2, 0.25) is 0 Å². The van der Waals surface area contributed by atoms with Gasteiger partial charge in [-0.05, 0) is 43.9 Å². The van der Waals surface area contributed by atoms with E-state index in [0.29, 0.717) is 24.4 Å². The fourth-order valence-corrected chi connectivity index (χ4v) is 3.18. The summed E-state index contributed by atoms with van der Waals surface area (Å²) in [5, 5.41) is 13.0. The highest BCUT2D eigenvalue weighted by atomic mass is 79.9. The van der Waals surface area contributed by atoms with Gasteiger partial charge in [0.05, 0.1) is 30.6 Å². The molecule has 0 radical (unpaired) electrons. The molecular formula is C18H18BrN3O2. The van der Waals surface area contributed by atoms with Gasteiger partial charge in [-0.1, -0.05) is 28.1 Å². The van der Waals surface area contributed by atoms with Crippen molar-refractivity contribution >= 4 is 21.9 Å². The second-order valence-electron chi connectivity index (χ2n) is 6.05. The van der Waals surface area contributed by atoms with Crippen LogP contribution in [0.5, 0.6) is 5.75 Å². The summed E-state index contributed by atoms with van der Waals surface area (Å²) in [6.07, 6.45) is 1.20. The number of carbonyl (C=O) groups is 1. The summed E-state index contributed by atoms with van der Waals surface area (Å²) < 4.78 is 8.37. The van der Waals surface area contributed by atoms with Gasteiger partial charge in [-0.3, -0.25) is 9.48 Å².